The Labute approximate surface area is 117 Å². The van der Waals surface area contributed by atoms with E-state index in [0.29, 0.717) is 21.1 Å². The van der Waals surface area contributed by atoms with E-state index in [4.69, 9.17) is 16.0 Å². The lowest BCUT2D eigenvalue weighted by Gasteiger charge is -2.40. The van der Waals surface area contributed by atoms with Crippen molar-refractivity contribution in [1.82, 2.24) is 0 Å². The van der Waals surface area contributed by atoms with Crippen molar-refractivity contribution < 1.29 is 9.22 Å². The molecule has 0 saturated heterocycles. The minimum Gasteiger partial charge on any atom is -0.415 e. The molecule has 1 unspecified atom stereocenters. The summed E-state index contributed by atoms with van der Waals surface area (Å²) in [5.41, 5.74) is 0.340. The van der Waals surface area contributed by atoms with E-state index >= 15 is 0 Å². The molecule has 0 aromatic heterocycles. The quantitative estimate of drug-likeness (QED) is 0.630. The second-order valence-electron chi connectivity index (χ2n) is 5.75. The molecule has 1 rings (SSSR count). The van der Waals surface area contributed by atoms with Crippen LogP contribution in [0.2, 0.25) is 5.02 Å². The largest absolute Gasteiger partial charge is 0.415 e. The Balaban J connectivity index is 3.33. The summed E-state index contributed by atoms with van der Waals surface area (Å²) in [6.07, 6.45) is 0. The highest BCUT2D eigenvalue weighted by Gasteiger charge is 2.44. The molecular weight excluding hydrogens is 264 g/mol. The standard InChI is InChI=1S/C14H21ClO2Si/c1-9-7-6-8-10(11(9)15)12(16)14(5,17-18)13(2,3)4/h6-8H,1-5,18H3. The Kier molecular flexibility index (Phi) is 4.41. The first-order valence-corrected chi connectivity index (χ1v) is 7.19. The van der Waals surface area contributed by atoms with Crippen LogP contribution in [0.4, 0.5) is 0 Å². The maximum atomic E-state index is 12.7. The molecule has 100 valence electrons. The molecule has 1 aromatic rings. The van der Waals surface area contributed by atoms with Gasteiger partial charge in [0.25, 0.3) is 0 Å². The van der Waals surface area contributed by atoms with Gasteiger partial charge in [-0.1, -0.05) is 44.5 Å². The van der Waals surface area contributed by atoms with Gasteiger partial charge in [-0.05, 0) is 30.9 Å². The fraction of sp³-hybridized carbons (Fsp3) is 0.500. The summed E-state index contributed by atoms with van der Waals surface area (Å²) >= 11 is 6.24. The van der Waals surface area contributed by atoms with Gasteiger partial charge in [-0.3, -0.25) is 4.79 Å². The molecule has 4 heteroatoms. The van der Waals surface area contributed by atoms with E-state index in [-0.39, 0.29) is 11.2 Å². The molecule has 0 aliphatic rings. The molecule has 0 saturated carbocycles. The van der Waals surface area contributed by atoms with Gasteiger partial charge in [0.1, 0.15) is 16.1 Å². The average Bonchev–Trinajstić information content (AvgIpc) is 2.29. The number of carbonyl (C=O) groups excluding carboxylic acids is 1. The average molecular weight is 285 g/mol. The first-order chi connectivity index (χ1) is 8.15. The molecule has 18 heavy (non-hydrogen) atoms. The molecule has 0 radical (unpaired) electrons. The van der Waals surface area contributed by atoms with Crippen LogP contribution in [-0.2, 0) is 4.43 Å². The summed E-state index contributed by atoms with van der Waals surface area (Å²) in [5, 5.41) is 0.525. The number of rotatable bonds is 3. The van der Waals surface area contributed by atoms with Gasteiger partial charge in [-0.2, -0.15) is 0 Å². The van der Waals surface area contributed by atoms with Gasteiger partial charge in [0.05, 0.1) is 5.02 Å². The van der Waals surface area contributed by atoms with Crippen molar-refractivity contribution >= 4 is 27.9 Å². The summed E-state index contributed by atoms with van der Waals surface area (Å²) in [6.45, 7) is 9.77. The molecule has 0 spiro atoms. The van der Waals surface area contributed by atoms with Crippen molar-refractivity contribution in [1.29, 1.82) is 0 Å². The molecule has 0 amide bonds. The van der Waals surface area contributed by atoms with Crippen molar-refractivity contribution in [2.75, 3.05) is 0 Å². The van der Waals surface area contributed by atoms with Crippen molar-refractivity contribution in [3.05, 3.63) is 34.3 Å². The Morgan fingerprint density at radius 2 is 1.83 bits per heavy atom. The van der Waals surface area contributed by atoms with Crippen LogP contribution in [0.1, 0.15) is 43.6 Å². The van der Waals surface area contributed by atoms with Crippen LogP contribution in [0, 0.1) is 12.3 Å². The molecule has 1 aromatic carbocycles. The number of hydrogen-bond donors (Lipinski definition) is 0. The van der Waals surface area contributed by atoms with E-state index in [9.17, 15) is 4.79 Å². The first-order valence-electron chi connectivity index (χ1n) is 6.00. The fourth-order valence-electron chi connectivity index (χ4n) is 1.82. The Hall–Kier alpha value is -0.643. The van der Waals surface area contributed by atoms with Crippen molar-refractivity contribution in [3.63, 3.8) is 0 Å². The zero-order valence-electron chi connectivity index (χ0n) is 11.9. The van der Waals surface area contributed by atoms with Crippen molar-refractivity contribution in [3.8, 4) is 0 Å². The number of ketones is 1. The van der Waals surface area contributed by atoms with Crippen LogP contribution >= 0.6 is 11.6 Å². The molecular formula is C14H21ClO2Si. The third kappa shape index (κ3) is 2.53. The van der Waals surface area contributed by atoms with Gasteiger partial charge in [-0.25, -0.2) is 0 Å². The molecule has 0 N–H and O–H groups in total. The number of aryl methyl sites for hydroxylation is 1. The highest BCUT2D eigenvalue weighted by atomic mass is 35.5. The molecule has 1 atom stereocenters. The summed E-state index contributed by atoms with van der Waals surface area (Å²) < 4.78 is 5.64. The van der Waals surface area contributed by atoms with Gasteiger partial charge in [-0.15, -0.1) is 0 Å². The molecule has 2 nitrogen and oxygen atoms in total. The summed E-state index contributed by atoms with van der Waals surface area (Å²) in [6, 6.07) is 5.52. The Morgan fingerprint density at radius 3 is 2.28 bits per heavy atom. The van der Waals surface area contributed by atoms with Crippen molar-refractivity contribution in [2.24, 2.45) is 5.41 Å². The zero-order valence-corrected chi connectivity index (χ0v) is 14.7. The lowest BCUT2D eigenvalue weighted by Crippen LogP contribution is -2.49. The lowest BCUT2D eigenvalue weighted by molar-refractivity contribution is 0.00294. The minimum atomic E-state index is -0.837. The van der Waals surface area contributed by atoms with Gasteiger partial charge in [0, 0.05) is 5.56 Å². The second-order valence-corrected chi connectivity index (χ2v) is 6.54. The van der Waals surface area contributed by atoms with Crippen LogP contribution in [-0.4, -0.2) is 21.9 Å². The fourth-order valence-corrected chi connectivity index (χ4v) is 2.83. The van der Waals surface area contributed by atoms with E-state index in [0.717, 1.165) is 5.56 Å². The highest BCUT2D eigenvalue weighted by molar-refractivity contribution is 6.35. The van der Waals surface area contributed by atoms with E-state index in [1.165, 1.54) is 0 Å². The van der Waals surface area contributed by atoms with E-state index in [2.05, 4.69) is 0 Å². The smallest absolute Gasteiger partial charge is 0.195 e. The van der Waals surface area contributed by atoms with Crippen LogP contribution in [0.5, 0.6) is 0 Å². The summed E-state index contributed by atoms with van der Waals surface area (Å²) in [5.74, 6) is -0.0429. The lowest BCUT2D eigenvalue weighted by atomic mass is 9.73. The van der Waals surface area contributed by atoms with Crippen molar-refractivity contribution in [2.45, 2.75) is 40.2 Å². The van der Waals surface area contributed by atoms with E-state index in [1.807, 2.05) is 46.8 Å². The summed E-state index contributed by atoms with van der Waals surface area (Å²) in [4.78, 5) is 12.7. The van der Waals surface area contributed by atoms with E-state index < -0.39 is 5.60 Å². The van der Waals surface area contributed by atoms with Crippen LogP contribution in [0.25, 0.3) is 0 Å². The topological polar surface area (TPSA) is 26.3 Å². The number of halogens is 1. The number of benzene rings is 1. The van der Waals surface area contributed by atoms with Gasteiger partial charge in [0.2, 0.25) is 0 Å². The monoisotopic (exact) mass is 284 g/mol. The third-order valence-corrected chi connectivity index (χ3v) is 5.03. The maximum Gasteiger partial charge on any atom is 0.195 e. The number of Topliss-reactive ketones (excluding diaryl/α,β-unsaturated/α-hetero) is 1. The van der Waals surface area contributed by atoms with Crippen LogP contribution in [0.3, 0.4) is 0 Å². The molecule has 0 aliphatic heterocycles. The molecule has 0 aliphatic carbocycles. The molecule has 0 heterocycles. The SMILES string of the molecule is Cc1cccc(C(=O)C(C)(O[SiH3])C(C)(C)C)c1Cl. The van der Waals surface area contributed by atoms with Crippen LogP contribution < -0.4 is 0 Å². The zero-order chi connectivity index (χ0) is 14.1. The van der Waals surface area contributed by atoms with Gasteiger partial charge >= 0.3 is 0 Å². The molecule has 0 fully saturated rings. The predicted octanol–water partition coefficient (Wildman–Crippen LogP) is 2.93. The predicted molar refractivity (Wildman–Crippen MR) is 79.4 cm³/mol. The Morgan fingerprint density at radius 1 is 1.28 bits per heavy atom. The molecule has 0 bridgehead atoms. The van der Waals surface area contributed by atoms with Crippen LogP contribution in [0.15, 0.2) is 18.2 Å². The number of hydrogen-bond acceptors (Lipinski definition) is 2. The normalized spacial score (nSPS) is 15.4. The Bertz CT molecular complexity index is 465. The minimum absolute atomic E-state index is 0.0429. The van der Waals surface area contributed by atoms with Gasteiger partial charge in [0.15, 0.2) is 5.78 Å². The second kappa shape index (κ2) is 5.15. The number of carbonyl (C=O) groups is 1. The summed E-state index contributed by atoms with van der Waals surface area (Å²) in [7, 11) is 0.509. The third-order valence-electron chi connectivity index (χ3n) is 3.71. The first kappa shape index (κ1) is 15.4. The van der Waals surface area contributed by atoms with E-state index in [1.54, 1.807) is 6.07 Å². The van der Waals surface area contributed by atoms with Gasteiger partial charge < -0.3 is 4.43 Å². The maximum absolute atomic E-state index is 12.7. The highest BCUT2D eigenvalue weighted by Crippen LogP contribution is 2.37.